The molecular formula is C29H31Cl2N3. The van der Waals surface area contributed by atoms with Crippen LogP contribution in [0.25, 0.3) is 10.9 Å². The smallest absolute Gasteiger partial charge is 0.0737 e. The Hall–Kier alpha value is -2.59. The summed E-state index contributed by atoms with van der Waals surface area (Å²) < 4.78 is 0. The average molecular weight is 492 g/mol. The monoisotopic (exact) mass is 491 g/mol. The lowest BCUT2D eigenvalue weighted by Crippen LogP contribution is -2.21. The van der Waals surface area contributed by atoms with Crippen LogP contribution >= 0.6 is 23.2 Å². The molecule has 0 amide bonds. The number of pyridine rings is 1. The molecule has 1 aromatic heterocycles. The number of anilines is 1. The third kappa shape index (κ3) is 6.73. The molecule has 2 aromatic carbocycles. The molecule has 0 bridgehead atoms. The molecule has 0 fully saturated rings. The molecule has 1 atom stereocenters. The van der Waals surface area contributed by atoms with Gasteiger partial charge in [-0.3, -0.25) is 4.98 Å². The number of allylic oxidation sites excluding steroid dienone is 5. The van der Waals surface area contributed by atoms with Crippen molar-refractivity contribution >= 4 is 39.8 Å². The van der Waals surface area contributed by atoms with Gasteiger partial charge >= 0.3 is 0 Å². The summed E-state index contributed by atoms with van der Waals surface area (Å²) in [6.07, 6.45) is 12.4. The third-order valence-corrected chi connectivity index (χ3v) is 6.67. The van der Waals surface area contributed by atoms with E-state index in [2.05, 4.69) is 52.6 Å². The zero-order chi connectivity index (χ0) is 23.8. The summed E-state index contributed by atoms with van der Waals surface area (Å²) in [7, 11) is 0. The van der Waals surface area contributed by atoms with Crippen LogP contribution in [-0.4, -0.2) is 24.6 Å². The van der Waals surface area contributed by atoms with E-state index in [4.69, 9.17) is 23.2 Å². The number of fused-ring (bicyclic) bond motifs is 1. The average Bonchev–Trinajstić information content (AvgIpc) is 3.05. The Balaban J connectivity index is 1.28. The lowest BCUT2D eigenvalue weighted by molar-refractivity contribution is 0.592. The number of nitrogens with one attached hydrogen (secondary N) is 2. The van der Waals surface area contributed by atoms with Crippen molar-refractivity contribution in [2.24, 2.45) is 0 Å². The molecule has 1 unspecified atom stereocenters. The first-order valence-corrected chi connectivity index (χ1v) is 12.6. The summed E-state index contributed by atoms with van der Waals surface area (Å²) in [4.78, 5) is 4.41. The number of benzene rings is 2. The minimum absolute atomic E-state index is 0.359. The van der Waals surface area contributed by atoms with Gasteiger partial charge in [0.1, 0.15) is 0 Å². The van der Waals surface area contributed by atoms with Crippen molar-refractivity contribution in [2.75, 3.05) is 25.0 Å². The van der Waals surface area contributed by atoms with Gasteiger partial charge in [0.15, 0.2) is 0 Å². The van der Waals surface area contributed by atoms with Crippen molar-refractivity contribution in [2.45, 2.75) is 31.6 Å². The van der Waals surface area contributed by atoms with Crippen LogP contribution in [-0.2, 0) is 0 Å². The van der Waals surface area contributed by atoms with E-state index in [1.165, 1.54) is 16.7 Å². The van der Waals surface area contributed by atoms with Gasteiger partial charge in [0.05, 0.1) is 5.52 Å². The fourth-order valence-electron chi connectivity index (χ4n) is 4.43. The number of nitrogens with zero attached hydrogens (tertiary/aromatic N) is 1. The van der Waals surface area contributed by atoms with Gasteiger partial charge in [0.2, 0.25) is 0 Å². The van der Waals surface area contributed by atoms with Crippen LogP contribution in [0.3, 0.4) is 0 Å². The van der Waals surface area contributed by atoms with Crippen LogP contribution in [0, 0.1) is 0 Å². The van der Waals surface area contributed by atoms with E-state index in [0.29, 0.717) is 10.9 Å². The lowest BCUT2D eigenvalue weighted by atomic mass is 9.85. The second-order valence-corrected chi connectivity index (χ2v) is 9.62. The molecular weight excluding hydrogens is 461 g/mol. The Morgan fingerprint density at radius 1 is 0.971 bits per heavy atom. The van der Waals surface area contributed by atoms with Crippen molar-refractivity contribution in [3.05, 3.63) is 106 Å². The lowest BCUT2D eigenvalue weighted by Gasteiger charge is -2.22. The van der Waals surface area contributed by atoms with E-state index < -0.39 is 0 Å². The molecule has 0 saturated heterocycles. The van der Waals surface area contributed by atoms with Gasteiger partial charge in [-0.05, 0) is 80.7 Å². The first kappa shape index (κ1) is 24.5. The quantitative estimate of drug-likeness (QED) is 0.223. The fraction of sp³-hybridized carbons (Fsp3) is 0.276. The van der Waals surface area contributed by atoms with Crippen LogP contribution in [0.4, 0.5) is 5.69 Å². The molecule has 0 spiro atoms. The fourth-order valence-corrected chi connectivity index (χ4v) is 4.72. The highest BCUT2D eigenvalue weighted by atomic mass is 35.5. The van der Waals surface area contributed by atoms with E-state index in [9.17, 15) is 0 Å². The van der Waals surface area contributed by atoms with E-state index in [1.54, 1.807) is 0 Å². The molecule has 1 heterocycles. The highest BCUT2D eigenvalue weighted by molar-refractivity contribution is 6.31. The van der Waals surface area contributed by atoms with Crippen LogP contribution in [0.2, 0.25) is 10.0 Å². The standard InChI is InChI=1S/C29H31Cl2N3/c1-21-5-2-3-6-23(19-21)26(22-7-9-24(30)10-8-22)13-17-32-15-4-16-33-28-14-18-34-29-20-25(31)11-12-27(28)29/h2-3,6-12,14,18,20,26,32H,1,4-5,13,15-17,19H2,(H,33,34). The number of rotatable bonds is 10. The van der Waals surface area contributed by atoms with Gasteiger partial charge in [0.25, 0.3) is 0 Å². The normalized spacial score (nSPS) is 14.6. The zero-order valence-electron chi connectivity index (χ0n) is 19.4. The molecule has 0 radical (unpaired) electrons. The van der Waals surface area contributed by atoms with Gasteiger partial charge in [0, 0.05) is 39.8 Å². The summed E-state index contributed by atoms with van der Waals surface area (Å²) in [5, 5.41) is 9.75. The van der Waals surface area contributed by atoms with E-state index in [-0.39, 0.29) is 0 Å². The van der Waals surface area contributed by atoms with Crippen LogP contribution in [0.15, 0.2) is 90.7 Å². The third-order valence-electron chi connectivity index (χ3n) is 6.19. The van der Waals surface area contributed by atoms with Crippen molar-refractivity contribution in [3.8, 4) is 0 Å². The highest BCUT2D eigenvalue weighted by Crippen LogP contribution is 2.34. The van der Waals surface area contributed by atoms with Crippen molar-refractivity contribution < 1.29 is 0 Å². The molecule has 0 aliphatic heterocycles. The number of halogens is 2. The highest BCUT2D eigenvalue weighted by Gasteiger charge is 2.18. The molecule has 176 valence electrons. The van der Waals surface area contributed by atoms with Gasteiger partial charge in [-0.25, -0.2) is 0 Å². The molecule has 34 heavy (non-hydrogen) atoms. The summed E-state index contributed by atoms with van der Waals surface area (Å²) in [6.45, 7) is 7.06. The Labute approximate surface area is 212 Å². The maximum atomic E-state index is 6.14. The molecule has 3 nitrogen and oxygen atoms in total. The van der Waals surface area contributed by atoms with Crippen LogP contribution < -0.4 is 10.6 Å². The first-order chi connectivity index (χ1) is 16.6. The molecule has 1 aliphatic rings. The van der Waals surface area contributed by atoms with Crippen molar-refractivity contribution in [3.63, 3.8) is 0 Å². The first-order valence-electron chi connectivity index (χ1n) is 11.9. The molecule has 2 N–H and O–H groups in total. The predicted octanol–water partition coefficient (Wildman–Crippen LogP) is 7.94. The molecule has 0 saturated carbocycles. The predicted molar refractivity (Wildman–Crippen MR) is 147 cm³/mol. The largest absolute Gasteiger partial charge is 0.384 e. The molecule has 5 heteroatoms. The summed E-state index contributed by atoms with van der Waals surface area (Å²) in [5.74, 6) is 0.359. The Morgan fingerprint density at radius 2 is 1.79 bits per heavy atom. The maximum Gasteiger partial charge on any atom is 0.0737 e. The Morgan fingerprint density at radius 3 is 2.65 bits per heavy atom. The van der Waals surface area contributed by atoms with Gasteiger partial charge in [-0.1, -0.05) is 71.3 Å². The summed E-state index contributed by atoms with van der Waals surface area (Å²) in [6, 6.07) is 16.1. The summed E-state index contributed by atoms with van der Waals surface area (Å²) in [5.41, 5.74) is 6.01. The molecule has 1 aliphatic carbocycles. The topological polar surface area (TPSA) is 37.0 Å². The number of hydrogen-bond acceptors (Lipinski definition) is 3. The Kier molecular flexibility index (Phi) is 8.81. The zero-order valence-corrected chi connectivity index (χ0v) is 20.9. The van der Waals surface area contributed by atoms with Gasteiger partial charge in [-0.2, -0.15) is 0 Å². The maximum absolute atomic E-state index is 6.14. The van der Waals surface area contributed by atoms with E-state index in [0.717, 1.165) is 66.9 Å². The SMILES string of the molecule is C=C1CC=CC=C(C(CCNCCCNc2ccnc3cc(Cl)ccc23)c2ccc(Cl)cc2)C1. The number of aromatic nitrogens is 1. The minimum atomic E-state index is 0.359. The van der Waals surface area contributed by atoms with Crippen LogP contribution in [0.5, 0.6) is 0 Å². The second-order valence-electron chi connectivity index (χ2n) is 8.74. The van der Waals surface area contributed by atoms with Crippen molar-refractivity contribution in [1.82, 2.24) is 10.3 Å². The Bertz CT molecular complexity index is 1180. The molecule has 4 rings (SSSR count). The van der Waals surface area contributed by atoms with Crippen molar-refractivity contribution in [1.29, 1.82) is 0 Å². The number of hydrogen-bond donors (Lipinski definition) is 2. The van der Waals surface area contributed by atoms with Gasteiger partial charge in [-0.15, -0.1) is 0 Å². The van der Waals surface area contributed by atoms with Gasteiger partial charge < -0.3 is 10.6 Å². The summed E-state index contributed by atoms with van der Waals surface area (Å²) >= 11 is 12.2. The van der Waals surface area contributed by atoms with Crippen LogP contribution in [0.1, 0.15) is 37.2 Å². The van der Waals surface area contributed by atoms with E-state index >= 15 is 0 Å². The van der Waals surface area contributed by atoms with E-state index in [1.807, 2.05) is 42.6 Å². The second kappa shape index (κ2) is 12.2. The molecule has 3 aromatic rings. The minimum Gasteiger partial charge on any atom is -0.384 e.